The first-order valence-corrected chi connectivity index (χ1v) is 7.88. The van der Waals surface area contributed by atoms with E-state index in [0.29, 0.717) is 18.2 Å². The van der Waals surface area contributed by atoms with Crippen LogP contribution < -0.4 is 0 Å². The third-order valence-electron chi connectivity index (χ3n) is 2.85. The van der Waals surface area contributed by atoms with E-state index >= 15 is 0 Å². The zero-order chi connectivity index (χ0) is 14.7. The molecule has 2 aromatic rings. The molecule has 0 aromatic carbocycles. The highest BCUT2D eigenvalue weighted by molar-refractivity contribution is 9.10. The normalized spacial score (nSPS) is 12.8. The molecule has 2 aromatic heterocycles. The van der Waals surface area contributed by atoms with Gasteiger partial charge in [-0.2, -0.15) is 0 Å². The van der Waals surface area contributed by atoms with Crippen molar-refractivity contribution in [3.63, 3.8) is 0 Å². The monoisotopic (exact) mass is 358 g/mol. The number of carboxylic acids is 1. The van der Waals surface area contributed by atoms with E-state index in [2.05, 4.69) is 31.5 Å². The van der Waals surface area contributed by atoms with E-state index in [9.17, 15) is 9.90 Å². The molecule has 2 heterocycles. The van der Waals surface area contributed by atoms with Gasteiger partial charge in [-0.25, -0.2) is 4.68 Å². The van der Waals surface area contributed by atoms with Crippen LogP contribution in [-0.2, 0) is 11.3 Å². The Balaban J connectivity index is 2.24. The average molecular weight is 359 g/mol. The van der Waals surface area contributed by atoms with Gasteiger partial charge in [-0.3, -0.25) is 4.79 Å². The van der Waals surface area contributed by atoms with Crippen molar-refractivity contribution >= 4 is 33.2 Å². The second-order valence-electron chi connectivity index (χ2n) is 4.95. The molecular weight excluding hydrogens is 344 g/mol. The van der Waals surface area contributed by atoms with Crippen LogP contribution in [0.15, 0.2) is 15.9 Å². The van der Waals surface area contributed by atoms with Crippen LogP contribution in [0.4, 0.5) is 0 Å². The summed E-state index contributed by atoms with van der Waals surface area (Å²) < 4.78 is 2.48. The van der Waals surface area contributed by atoms with Crippen LogP contribution in [0.2, 0.25) is 0 Å². The Bertz CT molecular complexity index is 596. The molecule has 8 heteroatoms. The van der Waals surface area contributed by atoms with Crippen LogP contribution in [0, 0.1) is 11.8 Å². The fourth-order valence-corrected chi connectivity index (χ4v) is 3.51. The van der Waals surface area contributed by atoms with Crippen LogP contribution in [0.3, 0.4) is 0 Å². The van der Waals surface area contributed by atoms with Crippen LogP contribution in [0.25, 0.3) is 10.7 Å². The number of carboxylic acid groups (broad SMARTS) is 1. The molecule has 0 aliphatic rings. The third kappa shape index (κ3) is 3.43. The molecule has 0 amide bonds. The van der Waals surface area contributed by atoms with E-state index in [-0.39, 0.29) is 6.54 Å². The second-order valence-corrected chi connectivity index (χ2v) is 6.72. The van der Waals surface area contributed by atoms with Gasteiger partial charge >= 0.3 is 5.97 Å². The van der Waals surface area contributed by atoms with Gasteiger partial charge in [-0.1, -0.05) is 13.8 Å². The highest BCUT2D eigenvalue weighted by Crippen LogP contribution is 2.32. The lowest BCUT2D eigenvalue weighted by Crippen LogP contribution is -2.23. The minimum absolute atomic E-state index is 0.278. The predicted octanol–water partition coefficient (Wildman–Crippen LogP) is 2.91. The van der Waals surface area contributed by atoms with Crippen molar-refractivity contribution in [3.8, 4) is 10.7 Å². The number of tetrazole rings is 1. The fraction of sp³-hybridized carbons (Fsp3) is 0.500. The number of rotatable bonds is 6. The van der Waals surface area contributed by atoms with E-state index in [0.717, 1.165) is 9.35 Å². The van der Waals surface area contributed by atoms with E-state index in [1.165, 1.54) is 11.3 Å². The summed E-state index contributed by atoms with van der Waals surface area (Å²) in [5, 5.41) is 22.8. The molecule has 0 radical (unpaired) electrons. The molecule has 1 N–H and O–H groups in total. The topological polar surface area (TPSA) is 80.9 Å². The Morgan fingerprint density at radius 3 is 2.85 bits per heavy atom. The van der Waals surface area contributed by atoms with Gasteiger partial charge in [0.2, 0.25) is 0 Å². The van der Waals surface area contributed by atoms with Crippen molar-refractivity contribution in [2.45, 2.75) is 26.8 Å². The van der Waals surface area contributed by atoms with Crippen molar-refractivity contribution < 1.29 is 9.90 Å². The predicted molar refractivity (Wildman–Crippen MR) is 79.4 cm³/mol. The molecule has 0 spiro atoms. The zero-order valence-corrected chi connectivity index (χ0v) is 13.6. The number of hydrogen-bond donors (Lipinski definition) is 1. The molecule has 20 heavy (non-hydrogen) atoms. The molecule has 0 saturated carbocycles. The summed E-state index contributed by atoms with van der Waals surface area (Å²) in [7, 11) is 0. The summed E-state index contributed by atoms with van der Waals surface area (Å²) in [5.41, 5.74) is 0. The number of nitrogens with zero attached hydrogens (tertiary/aromatic N) is 4. The van der Waals surface area contributed by atoms with E-state index in [1.54, 1.807) is 4.68 Å². The highest BCUT2D eigenvalue weighted by Gasteiger charge is 2.23. The summed E-state index contributed by atoms with van der Waals surface area (Å²) in [5.74, 6) is -0.396. The lowest BCUT2D eigenvalue weighted by Gasteiger charge is -2.14. The molecule has 0 aliphatic carbocycles. The lowest BCUT2D eigenvalue weighted by molar-refractivity contribution is -0.142. The van der Waals surface area contributed by atoms with Gasteiger partial charge in [0.25, 0.3) is 0 Å². The van der Waals surface area contributed by atoms with Gasteiger partial charge in [0.05, 0.1) is 17.3 Å². The van der Waals surface area contributed by atoms with Gasteiger partial charge < -0.3 is 5.11 Å². The number of hydrogen-bond acceptors (Lipinski definition) is 5. The number of carbonyl (C=O) groups is 1. The second kappa shape index (κ2) is 6.45. The lowest BCUT2D eigenvalue weighted by atomic mass is 9.97. The van der Waals surface area contributed by atoms with E-state index in [4.69, 9.17) is 0 Å². The maximum Gasteiger partial charge on any atom is 0.308 e. The molecule has 6 nitrogen and oxygen atoms in total. The standard InChI is InChI=1S/C12H15BrN4O2S/c1-7(2)5-8(12(18)19)6-17-11(14-15-16-17)10-9(13)3-4-20-10/h3-4,7-8H,5-6H2,1-2H3,(H,18,19). The summed E-state index contributed by atoms with van der Waals surface area (Å²) in [6.07, 6.45) is 0.597. The number of aliphatic carboxylic acids is 1. The highest BCUT2D eigenvalue weighted by atomic mass is 79.9. The van der Waals surface area contributed by atoms with Gasteiger partial charge in [-0.05, 0) is 50.1 Å². The zero-order valence-electron chi connectivity index (χ0n) is 11.2. The first-order chi connectivity index (χ1) is 9.49. The van der Waals surface area contributed by atoms with Crippen LogP contribution in [0.1, 0.15) is 20.3 Å². The molecule has 108 valence electrons. The van der Waals surface area contributed by atoms with E-state index < -0.39 is 11.9 Å². The third-order valence-corrected chi connectivity index (χ3v) is 4.68. The first kappa shape index (κ1) is 15.1. The van der Waals surface area contributed by atoms with Crippen LogP contribution in [-0.4, -0.2) is 31.3 Å². The fourth-order valence-electron chi connectivity index (χ4n) is 1.97. The number of thiophene rings is 1. The van der Waals surface area contributed by atoms with Gasteiger partial charge in [0.15, 0.2) is 5.82 Å². The van der Waals surface area contributed by atoms with Crippen molar-refractivity contribution in [2.24, 2.45) is 11.8 Å². The quantitative estimate of drug-likeness (QED) is 0.858. The molecule has 2 rings (SSSR count). The molecule has 0 bridgehead atoms. The minimum atomic E-state index is -0.814. The number of halogens is 1. The Hall–Kier alpha value is -1.28. The average Bonchev–Trinajstić information content (AvgIpc) is 2.96. The van der Waals surface area contributed by atoms with Crippen molar-refractivity contribution in [1.29, 1.82) is 0 Å². The van der Waals surface area contributed by atoms with Crippen LogP contribution >= 0.6 is 27.3 Å². The maximum absolute atomic E-state index is 11.3. The summed E-state index contributed by atoms with van der Waals surface area (Å²) in [6.45, 7) is 4.29. The molecular formula is C12H15BrN4O2S. The van der Waals surface area contributed by atoms with Gasteiger partial charge in [0, 0.05) is 4.47 Å². The summed E-state index contributed by atoms with van der Waals surface area (Å²) >= 11 is 4.96. The van der Waals surface area contributed by atoms with E-state index in [1.807, 2.05) is 25.3 Å². The summed E-state index contributed by atoms with van der Waals surface area (Å²) in [4.78, 5) is 12.2. The Labute approximate surface area is 128 Å². The minimum Gasteiger partial charge on any atom is -0.481 e. The maximum atomic E-state index is 11.3. The number of aromatic nitrogens is 4. The SMILES string of the molecule is CC(C)CC(Cn1nnnc1-c1sccc1Br)C(=O)O. The van der Waals surface area contributed by atoms with Gasteiger partial charge in [-0.15, -0.1) is 16.4 Å². The van der Waals surface area contributed by atoms with Crippen molar-refractivity contribution in [2.75, 3.05) is 0 Å². The Morgan fingerprint density at radius 2 is 2.30 bits per heavy atom. The van der Waals surface area contributed by atoms with Gasteiger partial charge in [0.1, 0.15) is 0 Å². The van der Waals surface area contributed by atoms with Crippen LogP contribution in [0.5, 0.6) is 0 Å². The largest absolute Gasteiger partial charge is 0.481 e. The molecule has 1 unspecified atom stereocenters. The summed E-state index contributed by atoms with van der Waals surface area (Å²) in [6, 6.07) is 1.92. The molecule has 0 fully saturated rings. The Kier molecular flexibility index (Phi) is 4.87. The van der Waals surface area contributed by atoms with Crippen molar-refractivity contribution in [3.05, 3.63) is 15.9 Å². The smallest absolute Gasteiger partial charge is 0.308 e. The molecule has 0 saturated heterocycles. The Morgan fingerprint density at radius 1 is 1.55 bits per heavy atom. The van der Waals surface area contributed by atoms with Crippen molar-refractivity contribution in [1.82, 2.24) is 20.2 Å². The first-order valence-electron chi connectivity index (χ1n) is 6.21. The molecule has 1 atom stereocenters. The molecule has 0 aliphatic heterocycles.